The second kappa shape index (κ2) is 8.03. The molecule has 0 aliphatic rings. The normalized spacial score (nSPS) is 10.7. The highest BCUT2D eigenvalue weighted by atomic mass is 35.5. The number of amides is 1. The smallest absolute Gasteiger partial charge is 0.278 e. The number of carbonyl (C=O) groups excluding carboxylic acids is 1. The van der Waals surface area contributed by atoms with Crippen LogP contribution in [0, 0.1) is 20.8 Å². The van der Waals surface area contributed by atoms with Crippen LogP contribution in [-0.2, 0) is 6.61 Å². The van der Waals surface area contributed by atoms with E-state index in [1.807, 2.05) is 32.0 Å². The van der Waals surface area contributed by atoms with Crippen LogP contribution in [-0.4, -0.2) is 11.1 Å². The molecule has 3 rings (SSSR count). The molecule has 27 heavy (non-hydrogen) atoms. The van der Waals surface area contributed by atoms with Crippen LogP contribution in [0.5, 0.6) is 5.75 Å². The van der Waals surface area contributed by atoms with Crippen LogP contribution in [0.25, 0.3) is 0 Å². The minimum atomic E-state index is -0.427. The Hall–Kier alpha value is -2.50. The van der Waals surface area contributed by atoms with E-state index in [2.05, 4.69) is 10.5 Å². The number of anilines is 1. The quantitative estimate of drug-likeness (QED) is 0.588. The zero-order valence-corrected chi connectivity index (χ0v) is 16.6. The summed E-state index contributed by atoms with van der Waals surface area (Å²) in [5, 5.41) is 7.44. The molecule has 1 amide bonds. The standard InChI is InChI=1S/C20H18Cl2N2O3/c1-11-4-5-17(6-12(11)2)26-10-18-13(3)27-24-19(18)20(25)23-16-8-14(21)7-15(22)9-16/h4-9H,10H2,1-3H3,(H,23,25). The molecule has 0 fully saturated rings. The third kappa shape index (κ3) is 4.62. The lowest BCUT2D eigenvalue weighted by Gasteiger charge is -2.09. The van der Waals surface area contributed by atoms with Crippen LogP contribution >= 0.6 is 23.2 Å². The number of aromatic nitrogens is 1. The third-order valence-corrected chi connectivity index (χ3v) is 4.62. The Morgan fingerprint density at radius 3 is 2.44 bits per heavy atom. The van der Waals surface area contributed by atoms with Gasteiger partial charge in [-0.3, -0.25) is 4.79 Å². The van der Waals surface area contributed by atoms with Crippen LogP contribution in [0.3, 0.4) is 0 Å². The van der Waals surface area contributed by atoms with Gasteiger partial charge in [0.15, 0.2) is 5.69 Å². The number of hydrogen-bond donors (Lipinski definition) is 1. The third-order valence-electron chi connectivity index (χ3n) is 4.18. The molecule has 0 saturated heterocycles. The van der Waals surface area contributed by atoms with Crippen molar-refractivity contribution in [3.05, 3.63) is 74.6 Å². The molecule has 0 unspecified atom stereocenters. The molecule has 1 heterocycles. The molecule has 0 aliphatic heterocycles. The lowest BCUT2D eigenvalue weighted by Crippen LogP contribution is -2.15. The lowest BCUT2D eigenvalue weighted by molar-refractivity contribution is 0.101. The van der Waals surface area contributed by atoms with Crippen molar-refractivity contribution < 1.29 is 14.1 Å². The van der Waals surface area contributed by atoms with Gasteiger partial charge in [0.2, 0.25) is 0 Å². The summed E-state index contributed by atoms with van der Waals surface area (Å²) in [6.45, 7) is 5.95. The molecule has 7 heteroatoms. The number of carbonyl (C=O) groups is 1. The average Bonchev–Trinajstić information content (AvgIpc) is 2.96. The number of hydrogen-bond acceptors (Lipinski definition) is 4. The summed E-state index contributed by atoms with van der Waals surface area (Å²) in [5.74, 6) is 0.809. The summed E-state index contributed by atoms with van der Waals surface area (Å²) >= 11 is 11.9. The Balaban J connectivity index is 1.77. The molecule has 1 aromatic heterocycles. The number of nitrogens with zero attached hydrogens (tertiary/aromatic N) is 1. The molecular weight excluding hydrogens is 387 g/mol. The van der Waals surface area contributed by atoms with E-state index in [1.54, 1.807) is 25.1 Å². The Bertz CT molecular complexity index is 979. The van der Waals surface area contributed by atoms with Crippen LogP contribution in [0.2, 0.25) is 10.0 Å². The summed E-state index contributed by atoms with van der Waals surface area (Å²) in [7, 11) is 0. The molecule has 0 spiro atoms. The van der Waals surface area contributed by atoms with Crippen molar-refractivity contribution in [3.8, 4) is 5.75 Å². The van der Waals surface area contributed by atoms with Crippen molar-refractivity contribution in [1.29, 1.82) is 0 Å². The number of rotatable bonds is 5. The van der Waals surface area contributed by atoms with E-state index in [0.29, 0.717) is 32.8 Å². The van der Waals surface area contributed by atoms with Gasteiger partial charge in [0.25, 0.3) is 5.91 Å². The van der Waals surface area contributed by atoms with Crippen LogP contribution < -0.4 is 10.1 Å². The minimum Gasteiger partial charge on any atom is -0.489 e. The van der Waals surface area contributed by atoms with Gasteiger partial charge in [0.1, 0.15) is 18.1 Å². The number of halogens is 2. The fourth-order valence-corrected chi connectivity index (χ4v) is 3.04. The van der Waals surface area contributed by atoms with Gasteiger partial charge in [0, 0.05) is 15.7 Å². The highest BCUT2D eigenvalue weighted by Crippen LogP contribution is 2.24. The van der Waals surface area contributed by atoms with E-state index >= 15 is 0 Å². The summed E-state index contributed by atoms with van der Waals surface area (Å²) in [6.07, 6.45) is 0. The topological polar surface area (TPSA) is 64.4 Å². The lowest BCUT2D eigenvalue weighted by atomic mass is 10.1. The maximum absolute atomic E-state index is 12.6. The summed E-state index contributed by atoms with van der Waals surface area (Å²) in [4.78, 5) is 12.6. The van der Waals surface area contributed by atoms with Crippen LogP contribution in [0.15, 0.2) is 40.9 Å². The van der Waals surface area contributed by atoms with Crippen molar-refractivity contribution in [2.24, 2.45) is 0 Å². The first-order chi connectivity index (χ1) is 12.8. The molecular formula is C20H18Cl2N2O3. The van der Waals surface area contributed by atoms with Gasteiger partial charge in [-0.2, -0.15) is 0 Å². The Labute approximate surface area is 167 Å². The zero-order chi connectivity index (χ0) is 19.6. The first-order valence-electron chi connectivity index (χ1n) is 8.26. The van der Waals surface area contributed by atoms with E-state index in [4.69, 9.17) is 32.5 Å². The maximum Gasteiger partial charge on any atom is 0.278 e. The predicted octanol–water partition coefficient (Wildman–Crippen LogP) is 5.74. The summed E-state index contributed by atoms with van der Waals surface area (Å²) in [5.41, 5.74) is 3.53. The molecule has 0 aliphatic carbocycles. The number of benzene rings is 2. The molecule has 2 aromatic carbocycles. The minimum absolute atomic E-state index is 0.160. The van der Waals surface area contributed by atoms with Crippen molar-refractivity contribution in [2.75, 3.05) is 5.32 Å². The average molecular weight is 405 g/mol. The first kappa shape index (κ1) is 19.3. The molecule has 0 atom stereocenters. The zero-order valence-electron chi connectivity index (χ0n) is 15.1. The van der Waals surface area contributed by atoms with E-state index in [0.717, 1.165) is 5.56 Å². The molecule has 3 aromatic rings. The van der Waals surface area contributed by atoms with E-state index in [1.165, 1.54) is 5.56 Å². The largest absolute Gasteiger partial charge is 0.489 e. The predicted molar refractivity (Wildman–Crippen MR) is 106 cm³/mol. The van der Waals surface area contributed by atoms with Gasteiger partial charge in [0.05, 0.1) is 5.56 Å². The van der Waals surface area contributed by atoms with Gasteiger partial charge < -0.3 is 14.6 Å². The molecule has 0 radical (unpaired) electrons. The summed E-state index contributed by atoms with van der Waals surface area (Å²) in [6, 6.07) is 10.6. The van der Waals surface area contributed by atoms with Gasteiger partial charge in [-0.15, -0.1) is 0 Å². The first-order valence-corrected chi connectivity index (χ1v) is 9.01. The molecule has 5 nitrogen and oxygen atoms in total. The summed E-state index contributed by atoms with van der Waals surface area (Å²) < 4.78 is 11.0. The highest BCUT2D eigenvalue weighted by Gasteiger charge is 2.21. The van der Waals surface area contributed by atoms with Gasteiger partial charge in [-0.05, 0) is 62.2 Å². The van der Waals surface area contributed by atoms with Crippen LogP contribution in [0.4, 0.5) is 5.69 Å². The van der Waals surface area contributed by atoms with Gasteiger partial charge in [-0.25, -0.2) is 0 Å². The molecule has 1 N–H and O–H groups in total. The SMILES string of the molecule is Cc1ccc(OCc2c(C(=O)Nc3cc(Cl)cc(Cl)c3)noc2C)cc1C. The van der Waals surface area contributed by atoms with Crippen LogP contribution in [0.1, 0.15) is 32.9 Å². The maximum atomic E-state index is 12.6. The van der Waals surface area contributed by atoms with E-state index < -0.39 is 5.91 Å². The second-order valence-corrected chi connectivity index (χ2v) is 7.09. The number of ether oxygens (including phenoxy) is 1. The monoisotopic (exact) mass is 404 g/mol. The van der Waals surface area contributed by atoms with Crippen molar-refractivity contribution >= 4 is 34.8 Å². The van der Waals surface area contributed by atoms with Crippen molar-refractivity contribution in [1.82, 2.24) is 5.16 Å². The van der Waals surface area contributed by atoms with Gasteiger partial charge in [-0.1, -0.05) is 34.4 Å². The Kier molecular flexibility index (Phi) is 5.73. The Morgan fingerprint density at radius 2 is 1.78 bits per heavy atom. The van der Waals surface area contributed by atoms with Gasteiger partial charge >= 0.3 is 0 Å². The molecule has 140 valence electrons. The fraction of sp³-hybridized carbons (Fsp3) is 0.200. The fourth-order valence-electron chi connectivity index (χ4n) is 2.52. The second-order valence-electron chi connectivity index (χ2n) is 6.21. The van der Waals surface area contributed by atoms with Crippen molar-refractivity contribution in [3.63, 3.8) is 0 Å². The Morgan fingerprint density at radius 1 is 1.07 bits per heavy atom. The number of nitrogens with one attached hydrogen (secondary N) is 1. The number of aryl methyl sites for hydroxylation is 3. The van der Waals surface area contributed by atoms with E-state index in [9.17, 15) is 4.79 Å². The van der Waals surface area contributed by atoms with Crippen molar-refractivity contribution in [2.45, 2.75) is 27.4 Å². The highest BCUT2D eigenvalue weighted by molar-refractivity contribution is 6.35. The molecule has 0 bridgehead atoms. The molecule has 0 saturated carbocycles. The van der Waals surface area contributed by atoms with E-state index in [-0.39, 0.29) is 12.3 Å².